The highest BCUT2D eigenvalue weighted by Crippen LogP contribution is 2.38. The zero-order valence-electron chi connectivity index (χ0n) is 8.87. The van der Waals surface area contributed by atoms with Gasteiger partial charge >= 0.3 is 5.97 Å². The summed E-state index contributed by atoms with van der Waals surface area (Å²) in [7, 11) is 1.39. The van der Waals surface area contributed by atoms with Gasteiger partial charge in [-0.3, -0.25) is 4.79 Å². The van der Waals surface area contributed by atoms with Crippen LogP contribution in [0.3, 0.4) is 0 Å². The third-order valence-electron chi connectivity index (χ3n) is 2.51. The van der Waals surface area contributed by atoms with Gasteiger partial charge in [-0.25, -0.2) is 4.98 Å². The molecule has 2 rings (SSSR count). The fraction of sp³-hybridized carbons (Fsp3) is 0.600. The van der Waals surface area contributed by atoms with E-state index in [0.29, 0.717) is 0 Å². The number of hydrogen-bond acceptors (Lipinski definition) is 5. The first-order valence-corrected chi connectivity index (χ1v) is 5.79. The Labute approximate surface area is 92.7 Å². The Morgan fingerprint density at radius 2 is 2.47 bits per heavy atom. The average Bonchev–Trinajstić information content (AvgIpc) is 2.75. The molecular formula is C10H14N2O2S. The minimum Gasteiger partial charge on any atom is -0.469 e. The van der Waals surface area contributed by atoms with Gasteiger partial charge in [-0.05, 0) is 19.8 Å². The van der Waals surface area contributed by atoms with Gasteiger partial charge in [-0.2, -0.15) is 0 Å². The quantitative estimate of drug-likeness (QED) is 0.796. The van der Waals surface area contributed by atoms with E-state index in [0.717, 1.165) is 10.8 Å². The molecule has 0 atom stereocenters. The van der Waals surface area contributed by atoms with Crippen LogP contribution in [0.1, 0.15) is 25.5 Å². The summed E-state index contributed by atoms with van der Waals surface area (Å²) in [6.07, 6.45) is 2.64. The van der Waals surface area contributed by atoms with E-state index in [2.05, 4.69) is 22.0 Å². The third-order valence-corrected chi connectivity index (χ3v) is 3.32. The van der Waals surface area contributed by atoms with E-state index >= 15 is 0 Å². The van der Waals surface area contributed by atoms with Crippen LogP contribution in [0.25, 0.3) is 0 Å². The maximum absolute atomic E-state index is 11.0. The fourth-order valence-electron chi connectivity index (χ4n) is 1.24. The van der Waals surface area contributed by atoms with Crippen LogP contribution in [0.15, 0.2) is 5.38 Å². The lowest BCUT2D eigenvalue weighted by molar-refractivity contribution is -0.139. The molecule has 0 saturated heterocycles. The number of ether oxygens (including phenoxy) is 1. The highest BCUT2D eigenvalue weighted by Gasteiger charge is 2.37. The monoisotopic (exact) mass is 226 g/mol. The molecule has 4 nitrogen and oxygen atoms in total. The molecule has 0 aromatic carbocycles. The minimum atomic E-state index is -0.246. The normalized spacial score (nSPS) is 17.2. The molecule has 1 aliphatic carbocycles. The van der Waals surface area contributed by atoms with Crippen molar-refractivity contribution in [2.24, 2.45) is 0 Å². The molecular weight excluding hydrogens is 212 g/mol. The molecule has 1 saturated carbocycles. The van der Waals surface area contributed by atoms with Crippen molar-refractivity contribution in [1.82, 2.24) is 4.98 Å². The first-order chi connectivity index (χ1) is 7.11. The Morgan fingerprint density at radius 1 is 1.73 bits per heavy atom. The Balaban J connectivity index is 1.94. The van der Waals surface area contributed by atoms with Gasteiger partial charge in [-0.15, -0.1) is 11.3 Å². The molecule has 0 radical (unpaired) electrons. The summed E-state index contributed by atoms with van der Waals surface area (Å²) in [5.41, 5.74) is 1.01. The Morgan fingerprint density at radius 3 is 3.07 bits per heavy atom. The molecule has 0 spiro atoms. The topological polar surface area (TPSA) is 51.2 Å². The van der Waals surface area contributed by atoms with E-state index in [1.165, 1.54) is 31.3 Å². The number of carbonyl (C=O) groups excluding carboxylic acids is 1. The summed E-state index contributed by atoms with van der Waals surface area (Å²) in [5, 5.41) is 6.15. The number of esters is 1. The minimum absolute atomic E-state index is 0.236. The molecule has 1 aromatic heterocycles. The predicted octanol–water partition coefficient (Wildman–Crippen LogP) is 1.82. The van der Waals surface area contributed by atoms with Crippen molar-refractivity contribution in [2.45, 2.75) is 31.7 Å². The van der Waals surface area contributed by atoms with Crippen molar-refractivity contribution in [3.05, 3.63) is 11.1 Å². The third kappa shape index (κ3) is 2.68. The second-order valence-electron chi connectivity index (χ2n) is 4.08. The second kappa shape index (κ2) is 3.81. The molecule has 5 heteroatoms. The van der Waals surface area contributed by atoms with E-state index in [1.807, 2.05) is 5.38 Å². The standard InChI is InChI=1S/C10H14N2O2S/c1-10(3-4-10)12-9-11-7(6-15-9)5-8(13)14-2/h6H,3-5H2,1-2H3,(H,11,12). The number of methoxy groups -OCH3 is 1. The van der Waals surface area contributed by atoms with Crippen LogP contribution in [0.2, 0.25) is 0 Å². The smallest absolute Gasteiger partial charge is 0.311 e. The van der Waals surface area contributed by atoms with E-state index in [4.69, 9.17) is 0 Å². The van der Waals surface area contributed by atoms with Gasteiger partial charge in [0.05, 0.1) is 19.2 Å². The summed E-state index contributed by atoms with van der Waals surface area (Å²) in [4.78, 5) is 15.3. The van der Waals surface area contributed by atoms with Crippen LogP contribution >= 0.6 is 11.3 Å². The molecule has 15 heavy (non-hydrogen) atoms. The molecule has 1 N–H and O–H groups in total. The first kappa shape index (κ1) is 10.4. The predicted molar refractivity (Wildman–Crippen MR) is 59.1 cm³/mol. The lowest BCUT2D eigenvalue weighted by atomic mass is 10.3. The molecule has 1 heterocycles. The summed E-state index contributed by atoms with van der Waals surface area (Å²) in [6, 6.07) is 0. The number of anilines is 1. The summed E-state index contributed by atoms with van der Waals surface area (Å²) >= 11 is 1.54. The van der Waals surface area contributed by atoms with E-state index < -0.39 is 0 Å². The van der Waals surface area contributed by atoms with Gasteiger partial charge in [0.25, 0.3) is 0 Å². The van der Waals surface area contributed by atoms with Crippen LogP contribution in [-0.4, -0.2) is 23.6 Å². The molecule has 0 unspecified atom stereocenters. The Bertz CT molecular complexity index is 371. The van der Waals surface area contributed by atoms with Crippen molar-refractivity contribution in [2.75, 3.05) is 12.4 Å². The van der Waals surface area contributed by atoms with Crippen LogP contribution in [-0.2, 0) is 16.0 Å². The van der Waals surface area contributed by atoms with E-state index in [1.54, 1.807) is 0 Å². The number of carbonyl (C=O) groups is 1. The zero-order valence-corrected chi connectivity index (χ0v) is 9.69. The van der Waals surface area contributed by atoms with Gasteiger partial charge in [0.1, 0.15) is 0 Å². The SMILES string of the molecule is COC(=O)Cc1csc(NC2(C)CC2)n1. The lowest BCUT2D eigenvalue weighted by Crippen LogP contribution is -2.15. The zero-order chi connectivity index (χ0) is 10.9. The number of nitrogens with one attached hydrogen (secondary N) is 1. The molecule has 1 aromatic rings. The number of thiazole rings is 1. The van der Waals surface area contributed by atoms with Gasteiger partial charge in [0.2, 0.25) is 0 Å². The van der Waals surface area contributed by atoms with E-state index in [9.17, 15) is 4.79 Å². The number of aromatic nitrogens is 1. The van der Waals surface area contributed by atoms with Crippen molar-refractivity contribution in [1.29, 1.82) is 0 Å². The molecule has 1 aliphatic rings. The largest absolute Gasteiger partial charge is 0.469 e. The number of rotatable bonds is 4. The molecule has 0 bridgehead atoms. The van der Waals surface area contributed by atoms with Crippen molar-refractivity contribution in [3.63, 3.8) is 0 Å². The van der Waals surface area contributed by atoms with Crippen molar-refractivity contribution >= 4 is 22.4 Å². The first-order valence-electron chi connectivity index (χ1n) is 4.91. The maximum atomic E-state index is 11.0. The van der Waals surface area contributed by atoms with Gasteiger partial charge in [-0.1, -0.05) is 0 Å². The Hall–Kier alpha value is -1.10. The number of hydrogen-bond donors (Lipinski definition) is 1. The average molecular weight is 226 g/mol. The van der Waals surface area contributed by atoms with E-state index in [-0.39, 0.29) is 17.9 Å². The van der Waals surface area contributed by atoms with Crippen LogP contribution in [0.4, 0.5) is 5.13 Å². The maximum Gasteiger partial charge on any atom is 0.311 e. The van der Waals surface area contributed by atoms with Crippen molar-refractivity contribution in [3.8, 4) is 0 Å². The van der Waals surface area contributed by atoms with Gasteiger partial charge in [0, 0.05) is 10.9 Å². The number of nitrogens with zero attached hydrogens (tertiary/aromatic N) is 1. The fourth-order valence-corrected chi connectivity index (χ4v) is 2.10. The summed E-state index contributed by atoms with van der Waals surface area (Å²) in [6.45, 7) is 2.17. The summed E-state index contributed by atoms with van der Waals surface area (Å²) in [5.74, 6) is -0.246. The lowest BCUT2D eigenvalue weighted by Gasteiger charge is -2.08. The summed E-state index contributed by atoms with van der Waals surface area (Å²) < 4.78 is 4.58. The van der Waals surface area contributed by atoms with Crippen LogP contribution in [0.5, 0.6) is 0 Å². The molecule has 0 amide bonds. The van der Waals surface area contributed by atoms with Gasteiger partial charge in [0.15, 0.2) is 5.13 Å². The Kier molecular flexibility index (Phi) is 2.65. The highest BCUT2D eigenvalue weighted by atomic mass is 32.1. The highest BCUT2D eigenvalue weighted by molar-refractivity contribution is 7.13. The van der Waals surface area contributed by atoms with Crippen LogP contribution in [0, 0.1) is 0 Å². The van der Waals surface area contributed by atoms with Crippen LogP contribution < -0.4 is 5.32 Å². The molecule has 82 valence electrons. The van der Waals surface area contributed by atoms with Crippen molar-refractivity contribution < 1.29 is 9.53 Å². The second-order valence-corrected chi connectivity index (χ2v) is 4.94. The van der Waals surface area contributed by atoms with Gasteiger partial charge < -0.3 is 10.1 Å². The molecule has 0 aliphatic heterocycles. The molecule has 1 fully saturated rings.